The second-order valence-corrected chi connectivity index (χ2v) is 23.8. The Bertz CT molecular complexity index is 1120. The Kier molecular flexibility index (Phi) is 8.91. The molecule has 0 amide bonds. The Balaban J connectivity index is 1.27. The Morgan fingerprint density at radius 3 is 2.20 bits per heavy atom. The maximum atomic E-state index is 7.23. The maximum Gasteiger partial charge on any atom is 0.157 e. The van der Waals surface area contributed by atoms with E-state index in [4.69, 9.17) is 13.7 Å². The minimum absolute atomic E-state index is 0.0208. The zero-order valence-corrected chi connectivity index (χ0v) is 32.3. The number of allylic oxidation sites excluding steroid dienone is 1. The summed E-state index contributed by atoms with van der Waals surface area (Å²) >= 11 is 0. The van der Waals surface area contributed by atoms with Gasteiger partial charge >= 0.3 is 0 Å². The van der Waals surface area contributed by atoms with Gasteiger partial charge < -0.3 is 13.7 Å². The van der Waals surface area contributed by atoms with Gasteiger partial charge in [-0.25, -0.2) is 0 Å². The first kappa shape index (κ1) is 34.8. The molecule has 0 aromatic heterocycles. The molecule has 1 unspecified atom stereocenters. The summed E-state index contributed by atoms with van der Waals surface area (Å²) in [6.45, 7) is 29.4. The van der Waals surface area contributed by atoms with Crippen molar-refractivity contribution in [3.8, 4) is 0 Å². The summed E-state index contributed by atoms with van der Waals surface area (Å²) in [5.74, 6) is 3.67. The van der Waals surface area contributed by atoms with Crippen LogP contribution in [0.5, 0.6) is 0 Å². The van der Waals surface area contributed by atoms with Gasteiger partial charge in [0, 0.05) is 11.4 Å². The fraction of sp³-hybridized carbons (Fsp3) is 0.951. The molecule has 0 spiro atoms. The summed E-state index contributed by atoms with van der Waals surface area (Å²) in [5.41, 5.74) is 3.11. The van der Waals surface area contributed by atoms with Crippen LogP contribution in [0.25, 0.3) is 0 Å². The minimum Gasteiger partial charge on any atom is -0.353 e. The SMILES string of the molecule is C=C(C)[C@@H]1CC[C@]2(COC3CCCCO3)CC[C@]3(C)[C@H](CC[C@@H]4[C@@]5(C)CC[C@H](OS(C)(C)C(C)(C)C)C(C)(C)[C@@H]5CC[C@]43C)[C@@H]12. The van der Waals surface area contributed by atoms with Crippen molar-refractivity contribution in [1.82, 2.24) is 0 Å². The lowest BCUT2D eigenvalue weighted by molar-refractivity contribution is -0.254. The largest absolute Gasteiger partial charge is 0.353 e. The highest BCUT2D eigenvalue weighted by Gasteiger charge is 2.71. The van der Waals surface area contributed by atoms with Gasteiger partial charge in [-0.2, -0.15) is 0 Å². The third-order valence-corrected chi connectivity index (χ3v) is 20.4. The van der Waals surface area contributed by atoms with Crippen LogP contribution in [0.2, 0.25) is 0 Å². The summed E-state index contributed by atoms with van der Waals surface area (Å²) in [5, 5.41) is 0. The predicted molar refractivity (Wildman–Crippen MR) is 193 cm³/mol. The van der Waals surface area contributed by atoms with Gasteiger partial charge in [0.25, 0.3) is 0 Å². The average molecular weight is 645 g/mol. The van der Waals surface area contributed by atoms with Crippen LogP contribution >= 0.6 is 10.3 Å². The van der Waals surface area contributed by atoms with E-state index in [1.54, 1.807) is 0 Å². The van der Waals surface area contributed by atoms with E-state index in [-0.39, 0.29) is 16.5 Å². The van der Waals surface area contributed by atoms with Crippen molar-refractivity contribution in [1.29, 1.82) is 0 Å². The zero-order valence-electron chi connectivity index (χ0n) is 31.5. The van der Waals surface area contributed by atoms with E-state index in [9.17, 15) is 0 Å². The van der Waals surface area contributed by atoms with Crippen LogP contribution in [0, 0.1) is 56.7 Å². The molecule has 260 valence electrons. The van der Waals surface area contributed by atoms with Gasteiger partial charge in [-0.3, -0.25) is 0 Å². The highest BCUT2D eigenvalue weighted by atomic mass is 32.3. The molecule has 0 bridgehead atoms. The molecule has 1 aliphatic heterocycles. The lowest BCUT2D eigenvalue weighted by atomic mass is 9.32. The summed E-state index contributed by atoms with van der Waals surface area (Å²) in [4.78, 5) is 0. The standard InChI is InChI=1S/C41H72O3S/c1-28(2)29-18-23-41(27-43-34-15-13-14-26-42-34)25-24-39(9)30(35(29)41)16-17-32-38(8)21-20-33(44-45(11,12)36(3,4)5)37(6,7)31(38)19-22-40(32,39)10/h29-35H,1,13-27H2,2-12H3/t29-,30+,31-,32+,33-,34?,35+,38-,39+,40+,41+/m0/s1. The van der Waals surface area contributed by atoms with Gasteiger partial charge in [-0.05, 0) is 160 Å². The fourth-order valence-corrected chi connectivity index (χ4v) is 14.4. The lowest BCUT2D eigenvalue weighted by Crippen LogP contribution is -2.67. The van der Waals surface area contributed by atoms with Crippen molar-refractivity contribution in [2.75, 3.05) is 25.7 Å². The molecule has 0 aromatic rings. The van der Waals surface area contributed by atoms with E-state index >= 15 is 0 Å². The van der Waals surface area contributed by atoms with Crippen LogP contribution in [0.3, 0.4) is 0 Å². The summed E-state index contributed by atoms with van der Waals surface area (Å²) in [7, 11) is -1.15. The Morgan fingerprint density at radius 2 is 1.56 bits per heavy atom. The van der Waals surface area contributed by atoms with Crippen LogP contribution in [-0.4, -0.2) is 42.9 Å². The van der Waals surface area contributed by atoms with Gasteiger partial charge in [-0.15, -0.1) is 10.3 Å². The number of fused-ring (bicyclic) bond motifs is 7. The van der Waals surface area contributed by atoms with Crippen molar-refractivity contribution < 1.29 is 13.7 Å². The molecule has 6 rings (SSSR count). The third kappa shape index (κ3) is 5.29. The topological polar surface area (TPSA) is 27.7 Å². The van der Waals surface area contributed by atoms with Crippen LogP contribution in [0.15, 0.2) is 12.2 Å². The highest BCUT2D eigenvalue weighted by Crippen LogP contribution is 2.78. The molecule has 5 saturated carbocycles. The van der Waals surface area contributed by atoms with Crippen LogP contribution in [0.1, 0.15) is 146 Å². The minimum atomic E-state index is -1.15. The summed E-state index contributed by atoms with van der Waals surface area (Å²) in [6, 6.07) is 0. The molecule has 0 aromatic carbocycles. The first-order valence-electron chi connectivity index (χ1n) is 19.1. The molecule has 1 saturated heterocycles. The van der Waals surface area contributed by atoms with E-state index in [0.29, 0.717) is 39.6 Å². The van der Waals surface area contributed by atoms with E-state index in [0.717, 1.165) is 37.4 Å². The zero-order chi connectivity index (χ0) is 32.8. The average Bonchev–Trinajstić information content (AvgIpc) is 3.34. The predicted octanol–water partition coefficient (Wildman–Crippen LogP) is 11.4. The number of ether oxygens (including phenoxy) is 2. The molecule has 0 N–H and O–H groups in total. The first-order chi connectivity index (χ1) is 20.8. The Labute approximate surface area is 280 Å². The first-order valence-corrected chi connectivity index (χ1v) is 21.5. The second kappa shape index (κ2) is 11.5. The molecule has 45 heavy (non-hydrogen) atoms. The van der Waals surface area contributed by atoms with Gasteiger partial charge in [0.05, 0.1) is 12.7 Å². The highest BCUT2D eigenvalue weighted by molar-refractivity contribution is 8.29. The smallest absolute Gasteiger partial charge is 0.157 e. The van der Waals surface area contributed by atoms with Crippen molar-refractivity contribution in [2.24, 2.45) is 56.7 Å². The molecule has 1 heterocycles. The van der Waals surface area contributed by atoms with E-state index in [1.807, 2.05) is 0 Å². The number of hydrogen-bond acceptors (Lipinski definition) is 3. The fourth-order valence-electron chi connectivity index (χ4n) is 13.2. The number of hydrogen-bond donors (Lipinski definition) is 0. The molecular weight excluding hydrogens is 573 g/mol. The summed E-state index contributed by atoms with van der Waals surface area (Å²) in [6.07, 6.45) is 22.2. The van der Waals surface area contributed by atoms with Gasteiger partial charge in [0.15, 0.2) is 6.29 Å². The Morgan fingerprint density at radius 1 is 0.822 bits per heavy atom. The quantitative estimate of drug-likeness (QED) is 0.269. The van der Waals surface area contributed by atoms with E-state index < -0.39 is 10.3 Å². The molecule has 0 radical (unpaired) electrons. The molecule has 6 fully saturated rings. The van der Waals surface area contributed by atoms with Crippen LogP contribution in [-0.2, 0) is 13.7 Å². The molecular formula is C41H72O3S. The maximum absolute atomic E-state index is 7.23. The van der Waals surface area contributed by atoms with Crippen molar-refractivity contribution in [3.05, 3.63) is 12.2 Å². The normalized spacial score (nSPS) is 48.5. The van der Waals surface area contributed by atoms with Gasteiger partial charge in [0.2, 0.25) is 0 Å². The van der Waals surface area contributed by atoms with Crippen molar-refractivity contribution in [2.45, 2.75) is 163 Å². The molecule has 5 aliphatic carbocycles. The van der Waals surface area contributed by atoms with E-state index in [1.165, 1.54) is 82.6 Å². The molecule has 11 atom stereocenters. The lowest BCUT2D eigenvalue weighted by Gasteiger charge is -2.73. The van der Waals surface area contributed by atoms with Crippen molar-refractivity contribution in [3.63, 3.8) is 0 Å². The Hall–Kier alpha value is -0.0300. The molecule has 4 heteroatoms. The van der Waals surface area contributed by atoms with Crippen LogP contribution < -0.4 is 0 Å². The number of rotatable bonds is 6. The monoisotopic (exact) mass is 645 g/mol. The van der Waals surface area contributed by atoms with Gasteiger partial charge in [0.1, 0.15) is 0 Å². The van der Waals surface area contributed by atoms with Crippen molar-refractivity contribution >= 4 is 10.3 Å². The molecule has 6 aliphatic rings. The third-order valence-electron chi connectivity index (χ3n) is 16.7. The second-order valence-electron chi connectivity index (χ2n) is 19.9. The van der Waals surface area contributed by atoms with Crippen LogP contribution in [0.4, 0.5) is 0 Å². The summed E-state index contributed by atoms with van der Waals surface area (Å²) < 4.78 is 20.2. The van der Waals surface area contributed by atoms with Gasteiger partial charge in [-0.1, -0.05) is 67.5 Å². The van der Waals surface area contributed by atoms with E-state index in [2.05, 4.69) is 81.4 Å². The molecule has 3 nitrogen and oxygen atoms in total.